The lowest BCUT2D eigenvalue weighted by Gasteiger charge is -2.27. The van der Waals surface area contributed by atoms with Gasteiger partial charge in [0.15, 0.2) is 0 Å². The summed E-state index contributed by atoms with van der Waals surface area (Å²) >= 11 is 0. The first-order chi connectivity index (χ1) is 13.8. The lowest BCUT2D eigenvalue weighted by Crippen LogP contribution is -2.31. The number of rotatable bonds is 6. The van der Waals surface area contributed by atoms with E-state index in [-0.39, 0.29) is 24.2 Å². The number of amides is 1. The molecule has 5 nitrogen and oxygen atoms in total. The quantitative estimate of drug-likeness (QED) is 0.677. The van der Waals surface area contributed by atoms with Crippen molar-refractivity contribution < 1.29 is 14.3 Å². The van der Waals surface area contributed by atoms with Crippen LogP contribution in [-0.2, 0) is 12.1 Å². The Hall–Kier alpha value is -3.12. The summed E-state index contributed by atoms with van der Waals surface area (Å²) in [4.78, 5) is 23.0. The van der Waals surface area contributed by atoms with E-state index in [9.17, 15) is 14.3 Å². The molecule has 0 bridgehead atoms. The van der Waals surface area contributed by atoms with Crippen molar-refractivity contribution >= 4 is 11.6 Å². The van der Waals surface area contributed by atoms with E-state index in [1.54, 1.807) is 54.5 Å². The Balaban J connectivity index is 1.91. The second kappa shape index (κ2) is 8.49. The van der Waals surface area contributed by atoms with E-state index in [0.717, 1.165) is 5.56 Å². The summed E-state index contributed by atoms with van der Waals surface area (Å²) in [6.07, 6.45) is 4.75. The highest BCUT2D eigenvalue weighted by Crippen LogP contribution is 2.28. The van der Waals surface area contributed by atoms with Gasteiger partial charge in [-0.15, -0.1) is 0 Å². The molecule has 0 aliphatic heterocycles. The second-order valence-corrected chi connectivity index (χ2v) is 7.46. The van der Waals surface area contributed by atoms with E-state index in [4.69, 9.17) is 0 Å². The molecule has 1 aromatic carbocycles. The summed E-state index contributed by atoms with van der Waals surface area (Å²) in [5.74, 6) is -0.615. The fourth-order valence-electron chi connectivity index (χ4n) is 2.84. The first-order valence-corrected chi connectivity index (χ1v) is 9.44. The van der Waals surface area contributed by atoms with E-state index in [1.807, 2.05) is 19.9 Å². The van der Waals surface area contributed by atoms with Crippen molar-refractivity contribution in [1.29, 1.82) is 0 Å². The van der Waals surface area contributed by atoms with Crippen LogP contribution in [0.5, 0.6) is 0 Å². The molecule has 29 heavy (non-hydrogen) atoms. The lowest BCUT2D eigenvalue weighted by molar-refractivity contribution is 0.00485. The minimum absolute atomic E-state index is 0.00345. The number of carbonyl (C=O) groups is 1. The number of pyridine rings is 2. The maximum absolute atomic E-state index is 13.4. The van der Waals surface area contributed by atoms with Gasteiger partial charge in [0.25, 0.3) is 5.91 Å². The highest BCUT2D eigenvalue weighted by molar-refractivity contribution is 6.05. The van der Waals surface area contributed by atoms with Crippen LogP contribution < -0.4 is 4.90 Å². The Labute approximate surface area is 169 Å². The summed E-state index contributed by atoms with van der Waals surface area (Å²) in [5, 5.41) is 10.6. The molecule has 0 fully saturated rings. The third kappa shape index (κ3) is 4.66. The first kappa shape index (κ1) is 20.6. The molecule has 3 aromatic rings. The summed E-state index contributed by atoms with van der Waals surface area (Å²) < 4.78 is 13.4. The van der Waals surface area contributed by atoms with Gasteiger partial charge in [0.2, 0.25) is 0 Å². The molecule has 0 aliphatic rings. The molecular weight excluding hydrogens is 369 g/mol. The van der Waals surface area contributed by atoms with Crippen LogP contribution in [0.25, 0.3) is 0 Å². The Morgan fingerprint density at radius 1 is 1.14 bits per heavy atom. The minimum atomic E-state index is -1.04. The maximum Gasteiger partial charge on any atom is 0.260 e. The van der Waals surface area contributed by atoms with Gasteiger partial charge in [-0.1, -0.05) is 19.9 Å². The highest BCUT2D eigenvalue weighted by Gasteiger charge is 2.28. The Morgan fingerprint density at radius 3 is 2.41 bits per heavy atom. The smallest absolute Gasteiger partial charge is 0.260 e. The van der Waals surface area contributed by atoms with Gasteiger partial charge in [0.05, 0.1) is 17.8 Å². The van der Waals surface area contributed by atoms with E-state index in [0.29, 0.717) is 16.9 Å². The number of aliphatic hydroxyl groups is 1. The molecule has 0 spiro atoms. The van der Waals surface area contributed by atoms with Gasteiger partial charge in [0, 0.05) is 24.3 Å². The van der Waals surface area contributed by atoms with E-state index in [2.05, 4.69) is 9.97 Å². The topological polar surface area (TPSA) is 66.3 Å². The Bertz CT molecular complexity index is 956. The van der Waals surface area contributed by atoms with Gasteiger partial charge in [-0.25, -0.2) is 4.39 Å². The normalized spacial score (nSPS) is 13.2. The molecule has 1 unspecified atom stereocenters. The van der Waals surface area contributed by atoms with Crippen molar-refractivity contribution in [2.75, 3.05) is 4.90 Å². The number of halogens is 1. The third-order valence-electron chi connectivity index (χ3n) is 5.10. The van der Waals surface area contributed by atoms with E-state index in [1.165, 1.54) is 18.3 Å². The van der Waals surface area contributed by atoms with Crippen LogP contribution in [0.1, 0.15) is 42.4 Å². The average molecular weight is 393 g/mol. The number of carbonyl (C=O) groups excluding carboxylic acids is 1. The van der Waals surface area contributed by atoms with Crippen LogP contribution >= 0.6 is 0 Å². The monoisotopic (exact) mass is 393 g/mol. The number of hydrogen-bond acceptors (Lipinski definition) is 4. The van der Waals surface area contributed by atoms with Crippen molar-refractivity contribution in [3.05, 3.63) is 89.8 Å². The molecule has 0 saturated heterocycles. The lowest BCUT2D eigenvalue weighted by atomic mass is 9.88. The average Bonchev–Trinajstić information content (AvgIpc) is 2.73. The zero-order chi connectivity index (χ0) is 21.0. The number of aromatic nitrogens is 2. The Kier molecular flexibility index (Phi) is 6.03. The predicted molar refractivity (Wildman–Crippen MR) is 110 cm³/mol. The molecule has 2 heterocycles. The number of benzene rings is 1. The van der Waals surface area contributed by atoms with Crippen molar-refractivity contribution in [1.82, 2.24) is 9.97 Å². The Morgan fingerprint density at radius 2 is 1.86 bits per heavy atom. The molecule has 1 amide bonds. The predicted octanol–water partition coefficient (Wildman–Crippen LogP) is 4.33. The first-order valence-electron chi connectivity index (χ1n) is 9.44. The van der Waals surface area contributed by atoms with Crippen molar-refractivity contribution in [2.24, 2.45) is 5.92 Å². The molecule has 3 rings (SSSR count). The van der Waals surface area contributed by atoms with Crippen LogP contribution in [0.15, 0.2) is 67.1 Å². The standard InChI is InChI=1S/C23H24FN3O2/c1-16(2)23(3,29)21-11-6-17(13-26-21)15-27(20-9-7-19(24)8-10-20)22(28)18-5-4-12-25-14-18/h4-14,16,29H,15H2,1-3H3. The molecule has 6 heteroatoms. The highest BCUT2D eigenvalue weighted by atomic mass is 19.1. The van der Waals surface area contributed by atoms with Gasteiger partial charge in [0.1, 0.15) is 11.4 Å². The van der Waals surface area contributed by atoms with Crippen molar-refractivity contribution in [3.8, 4) is 0 Å². The van der Waals surface area contributed by atoms with Crippen molar-refractivity contribution in [3.63, 3.8) is 0 Å². The number of anilines is 1. The van der Waals surface area contributed by atoms with Crippen LogP contribution in [0, 0.1) is 11.7 Å². The summed E-state index contributed by atoms with van der Waals surface area (Å²) in [7, 11) is 0. The van der Waals surface area contributed by atoms with Gasteiger partial charge in [-0.3, -0.25) is 14.8 Å². The fourth-order valence-corrected chi connectivity index (χ4v) is 2.84. The molecule has 0 saturated carbocycles. The summed E-state index contributed by atoms with van der Waals surface area (Å²) in [6.45, 7) is 5.84. The second-order valence-electron chi connectivity index (χ2n) is 7.46. The molecule has 1 N–H and O–H groups in total. The van der Waals surface area contributed by atoms with Crippen molar-refractivity contribution in [2.45, 2.75) is 32.9 Å². The van der Waals surface area contributed by atoms with Crippen LogP contribution in [0.3, 0.4) is 0 Å². The zero-order valence-electron chi connectivity index (χ0n) is 16.7. The minimum Gasteiger partial charge on any atom is -0.384 e. The largest absolute Gasteiger partial charge is 0.384 e. The zero-order valence-corrected chi connectivity index (χ0v) is 16.7. The molecule has 150 valence electrons. The van der Waals surface area contributed by atoms with Gasteiger partial charge >= 0.3 is 0 Å². The summed E-state index contributed by atoms with van der Waals surface area (Å²) in [6, 6.07) is 12.8. The molecule has 1 atom stereocenters. The molecular formula is C23H24FN3O2. The molecule has 2 aromatic heterocycles. The van der Waals surface area contributed by atoms with Gasteiger partial charge in [-0.05, 0) is 60.9 Å². The van der Waals surface area contributed by atoms with E-state index >= 15 is 0 Å². The van der Waals surface area contributed by atoms with Crippen LogP contribution in [0.4, 0.5) is 10.1 Å². The summed E-state index contributed by atoms with van der Waals surface area (Å²) in [5.41, 5.74) is 1.32. The van der Waals surface area contributed by atoms with Crippen LogP contribution in [-0.4, -0.2) is 21.0 Å². The SMILES string of the molecule is CC(C)C(C)(O)c1ccc(CN(C(=O)c2cccnc2)c2ccc(F)cc2)cn1. The molecule has 0 aliphatic carbocycles. The van der Waals surface area contributed by atoms with Crippen LogP contribution in [0.2, 0.25) is 0 Å². The molecule has 0 radical (unpaired) electrons. The van der Waals surface area contributed by atoms with Gasteiger partial charge in [-0.2, -0.15) is 0 Å². The number of nitrogens with zero attached hydrogens (tertiary/aromatic N) is 3. The third-order valence-corrected chi connectivity index (χ3v) is 5.10. The van der Waals surface area contributed by atoms with Gasteiger partial charge < -0.3 is 10.0 Å². The maximum atomic E-state index is 13.4. The number of hydrogen-bond donors (Lipinski definition) is 1. The fraction of sp³-hybridized carbons (Fsp3) is 0.261. The van der Waals surface area contributed by atoms with E-state index < -0.39 is 5.60 Å².